The maximum Gasteiger partial charge on any atom is 0.274 e. The summed E-state index contributed by atoms with van der Waals surface area (Å²) >= 11 is 1.69. The highest BCUT2D eigenvalue weighted by Gasteiger charge is 2.09. The van der Waals surface area contributed by atoms with Crippen LogP contribution < -0.4 is 10.6 Å². The van der Waals surface area contributed by atoms with Crippen molar-refractivity contribution in [3.8, 4) is 0 Å². The third-order valence-corrected chi connectivity index (χ3v) is 3.98. The largest absolute Gasteiger partial charge is 0.385 e. The minimum Gasteiger partial charge on any atom is -0.385 e. The Labute approximate surface area is 126 Å². The lowest BCUT2D eigenvalue weighted by atomic mass is 10.2. The molecular formula is C16H15N3OS. The van der Waals surface area contributed by atoms with Crippen LogP contribution in [0.3, 0.4) is 0 Å². The first-order valence-corrected chi connectivity index (χ1v) is 7.63. The van der Waals surface area contributed by atoms with E-state index < -0.39 is 0 Å². The van der Waals surface area contributed by atoms with Crippen LogP contribution in [-0.2, 0) is 0 Å². The normalized spacial score (nSPS) is 10.5. The number of anilines is 2. The van der Waals surface area contributed by atoms with Crippen LogP contribution in [0.4, 0.5) is 11.4 Å². The molecule has 2 N–H and O–H groups in total. The number of carbonyl (C=O) groups excluding carboxylic acids is 1. The number of fused-ring (bicyclic) bond motifs is 1. The van der Waals surface area contributed by atoms with Gasteiger partial charge in [-0.25, -0.2) is 0 Å². The maximum atomic E-state index is 12.2. The van der Waals surface area contributed by atoms with Gasteiger partial charge in [0.1, 0.15) is 5.69 Å². The lowest BCUT2D eigenvalue weighted by Gasteiger charge is -2.07. The zero-order chi connectivity index (χ0) is 14.7. The molecule has 3 aromatic rings. The van der Waals surface area contributed by atoms with Crippen LogP contribution >= 0.6 is 11.3 Å². The molecule has 0 aliphatic carbocycles. The lowest BCUT2D eigenvalue weighted by Crippen LogP contribution is -2.14. The smallest absolute Gasteiger partial charge is 0.274 e. The number of nitrogens with zero attached hydrogens (tertiary/aromatic N) is 1. The van der Waals surface area contributed by atoms with Gasteiger partial charge in [-0.15, -0.1) is 11.3 Å². The zero-order valence-electron chi connectivity index (χ0n) is 11.6. The van der Waals surface area contributed by atoms with Gasteiger partial charge < -0.3 is 10.6 Å². The Morgan fingerprint density at radius 1 is 1.19 bits per heavy atom. The molecule has 0 spiro atoms. The molecule has 0 unspecified atom stereocenters. The molecule has 21 heavy (non-hydrogen) atoms. The summed E-state index contributed by atoms with van der Waals surface area (Å²) in [5, 5.41) is 9.22. The van der Waals surface area contributed by atoms with Crippen molar-refractivity contribution in [2.24, 2.45) is 0 Å². The van der Waals surface area contributed by atoms with Crippen molar-refractivity contribution >= 4 is 38.7 Å². The van der Waals surface area contributed by atoms with Crippen LogP contribution in [0, 0.1) is 0 Å². The van der Waals surface area contributed by atoms with Crippen LogP contribution in [0.25, 0.3) is 10.1 Å². The molecule has 1 aromatic carbocycles. The van der Waals surface area contributed by atoms with Crippen molar-refractivity contribution < 1.29 is 4.79 Å². The van der Waals surface area contributed by atoms with Gasteiger partial charge >= 0.3 is 0 Å². The van der Waals surface area contributed by atoms with E-state index in [1.165, 1.54) is 4.70 Å². The number of hydrogen-bond donors (Lipinski definition) is 2. The van der Waals surface area contributed by atoms with Crippen LogP contribution in [0.2, 0.25) is 0 Å². The summed E-state index contributed by atoms with van der Waals surface area (Å²) in [6.07, 6.45) is 1.63. The summed E-state index contributed by atoms with van der Waals surface area (Å²) in [5.41, 5.74) is 2.08. The Morgan fingerprint density at radius 2 is 2.10 bits per heavy atom. The standard InChI is InChI=1S/C16H15N3OS/c1-2-17-12-5-7-18-14(10-12)16(20)19-13-3-4-15-11(9-13)6-8-21-15/h3-10H,2H2,1H3,(H,17,18)(H,19,20). The predicted molar refractivity (Wildman–Crippen MR) is 88.2 cm³/mol. The van der Waals surface area contributed by atoms with E-state index in [4.69, 9.17) is 0 Å². The average Bonchev–Trinajstić information content (AvgIpc) is 2.95. The molecule has 2 heterocycles. The first-order valence-electron chi connectivity index (χ1n) is 6.75. The number of aromatic nitrogens is 1. The van der Waals surface area contributed by atoms with Gasteiger partial charge in [-0.3, -0.25) is 9.78 Å². The molecule has 106 valence electrons. The molecule has 0 fully saturated rings. The first-order chi connectivity index (χ1) is 10.3. The minimum absolute atomic E-state index is 0.204. The third-order valence-electron chi connectivity index (χ3n) is 3.08. The molecule has 4 nitrogen and oxygen atoms in total. The van der Waals surface area contributed by atoms with Gasteiger partial charge in [-0.1, -0.05) is 0 Å². The average molecular weight is 297 g/mol. The van der Waals surface area contributed by atoms with Crippen molar-refractivity contribution in [1.82, 2.24) is 4.98 Å². The summed E-state index contributed by atoms with van der Waals surface area (Å²) < 4.78 is 1.21. The fourth-order valence-electron chi connectivity index (χ4n) is 2.11. The molecule has 0 atom stereocenters. The number of carbonyl (C=O) groups is 1. The van der Waals surface area contributed by atoms with Gasteiger partial charge in [0, 0.05) is 28.8 Å². The molecule has 0 bridgehead atoms. The molecule has 0 aliphatic rings. The van der Waals surface area contributed by atoms with Crippen LogP contribution in [0.5, 0.6) is 0 Å². The molecule has 3 rings (SSSR count). The van der Waals surface area contributed by atoms with Crippen LogP contribution in [0.1, 0.15) is 17.4 Å². The van der Waals surface area contributed by atoms with E-state index in [-0.39, 0.29) is 5.91 Å². The molecule has 0 radical (unpaired) electrons. The van der Waals surface area contributed by atoms with Gasteiger partial charge in [-0.05, 0) is 54.1 Å². The molecule has 0 saturated heterocycles. The van der Waals surface area contributed by atoms with E-state index in [9.17, 15) is 4.79 Å². The van der Waals surface area contributed by atoms with E-state index in [0.29, 0.717) is 5.69 Å². The molecule has 1 amide bonds. The van der Waals surface area contributed by atoms with Gasteiger partial charge in [-0.2, -0.15) is 0 Å². The Balaban J connectivity index is 1.80. The predicted octanol–water partition coefficient (Wildman–Crippen LogP) is 3.98. The lowest BCUT2D eigenvalue weighted by molar-refractivity contribution is 0.102. The first kappa shape index (κ1) is 13.6. The number of pyridine rings is 1. The summed E-state index contributed by atoms with van der Waals surface area (Å²) in [6, 6.07) is 11.5. The van der Waals surface area contributed by atoms with E-state index in [1.54, 1.807) is 23.6 Å². The van der Waals surface area contributed by atoms with Crippen LogP contribution in [0.15, 0.2) is 48.0 Å². The molecule has 0 saturated carbocycles. The summed E-state index contributed by atoms with van der Waals surface area (Å²) in [7, 11) is 0. The highest BCUT2D eigenvalue weighted by atomic mass is 32.1. The van der Waals surface area contributed by atoms with Gasteiger partial charge in [0.15, 0.2) is 0 Å². The number of nitrogens with one attached hydrogen (secondary N) is 2. The molecule has 0 aliphatic heterocycles. The monoisotopic (exact) mass is 297 g/mol. The Bertz CT molecular complexity index is 782. The SMILES string of the molecule is CCNc1ccnc(C(=O)Nc2ccc3sccc3c2)c1. The van der Waals surface area contributed by atoms with Crippen molar-refractivity contribution in [3.05, 3.63) is 53.7 Å². The molecular weight excluding hydrogens is 282 g/mol. The van der Waals surface area contributed by atoms with E-state index in [0.717, 1.165) is 23.3 Å². The fraction of sp³-hybridized carbons (Fsp3) is 0.125. The third kappa shape index (κ3) is 3.03. The van der Waals surface area contributed by atoms with Gasteiger partial charge in [0.2, 0.25) is 0 Å². The van der Waals surface area contributed by atoms with Crippen molar-refractivity contribution in [2.45, 2.75) is 6.92 Å². The highest BCUT2D eigenvalue weighted by Crippen LogP contribution is 2.24. The second kappa shape index (κ2) is 5.93. The topological polar surface area (TPSA) is 54.0 Å². The minimum atomic E-state index is -0.204. The number of benzene rings is 1. The van der Waals surface area contributed by atoms with Crippen LogP contribution in [-0.4, -0.2) is 17.4 Å². The number of rotatable bonds is 4. The molecule has 2 aromatic heterocycles. The molecule has 5 heteroatoms. The van der Waals surface area contributed by atoms with E-state index >= 15 is 0 Å². The van der Waals surface area contributed by atoms with Gasteiger partial charge in [0.25, 0.3) is 5.91 Å². The van der Waals surface area contributed by atoms with Gasteiger partial charge in [0.05, 0.1) is 0 Å². The number of amides is 1. The number of thiophene rings is 1. The summed E-state index contributed by atoms with van der Waals surface area (Å²) in [5.74, 6) is -0.204. The second-order valence-corrected chi connectivity index (χ2v) is 5.54. The fourth-order valence-corrected chi connectivity index (χ4v) is 2.88. The van der Waals surface area contributed by atoms with E-state index in [1.807, 2.05) is 42.6 Å². The van der Waals surface area contributed by atoms with Crippen molar-refractivity contribution in [3.63, 3.8) is 0 Å². The Kier molecular flexibility index (Phi) is 3.83. The zero-order valence-corrected chi connectivity index (χ0v) is 12.4. The quantitative estimate of drug-likeness (QED) is 0.766. The number of hydrogen-bond acceptors (Lipinski definition) is 4. The van der Waals surface area contributed by atoms with E-state index in [2.05, 4.69) is 15.6 Å². The maximum absolute atomic E-state index is 12.2. The van der Waals surface area contributed by atoms with Crippen molar-refractivity contribution in [1.29, 1.82) is 0 Å². The second-order valence-electron chi connectivity index (χ2n) is 4.59. The highest BCUT2D eigenvalue weighted by molar-refractivity contribution is 7.17. The summed E-state index contributed by atoms with van der Waals surface area (Å²) in [4.78, 5) is 16.4. The Hall–Kier alpha value is -2.40. The summed E-state index contributed by atoms with van der Waals surface area (Å²) in [6.45, 7) is 2.82. The Morgan fingerprint density at radius 3 is 2.95 bits per heavy atom. The van der Waals surface area contributed by atoms with Crippen molar-refractivity contribution in [2.75, 3.05) is 17.2 Å².